The minimum atomic E-state index is -0.694. The van der Waals surface area contributed by atoms with Gasteiger partial charge in [-0.15, -0.1) is 0 Å². The van der Waals surface area contributed by atoms with Crippen LogP contribution >= 0.6 is 15.9 Å². The van der Waals surface area contributed by atoms with Gasteiger partial charge in [0.25, 0.3) is 0 Å². The molecule has 0 unspecified atom stereocenters. The van der Waals surface area contributed by atoms with E-state index >= 15 is 0 Å². The normalized spacial score (nSPS) is 11.6. The summed E-state index contributed by atoms with van der Waals surface area (Å²) in [7, 11) is 0. The van der Waals surface area contributed by atoms with E-state index in [4.69, 9.17) is 0 Å². The molecule has 0 fully saturated rings. The fourth-order valence-corrected chi connectivity index (χ4v) is 1.75. The second-order valence-electron chi connectivity index (χ2n) is 4.24. The first kappa shape index (κ1) is 16.4. The Morgan fingerprint density at radius 2 is 2.10 bits per heavy atom. The Morgan fingerprint density at radius 3 is 2.70 bits per heavy atom. The lowest BCUT2D eigenvalue weighted by Crippen LogP contribution is -2.46. The minimum Gasteiger partial charge on any atom is -0.354 e. The number of hydrogen-bond donors (Lipinski definition) is 3. The van der Waals surface area contributed by atoms with Crippen molar-refractivity contribution < 1.29 is 14.0 Å². The topological polar surface area (TPSA) is 70.2 Å². The number of carbonyl (C=O) groups excluding carboxylic acids is 2. The van der Waals surface area contributed by atoms with Gasteiger partial charge in [0.1, 0.15) is 11.9 Å². The van der Waals surface area contributed by atoms with Crippen molar-refractivity contribution in [1.29, 1.82) is 0 Å². The molecule has 1 atom stereocenters. The van der Waals surface area contributed by atoms with Crippen LogP contribution in [-0.2, 0) is 4.79 Å². The summed E-state index contributed by atoms with van der Waals surface area (Å²) in [6.07, 6.45) is 0.814. The lowest BCUT2D eigenvalue weighted by atomic mass is 10.3. The summed E-state index contributed by atoms with van der Waals surface area (Å²) >= 11 is 3.12. The first-order chi connectivity index (χ1) is 9.43. The number of halogens is 2. The number of rotatable bonds is 5. The molecule has 0 saturated carbocycles. The van der Waals surface area contributed by atoms with Gasteiger partial charge in [-0.3, -0.25) is 4.79 Å². The Labute approximate surface area is 125 Å². The van der Waals surface area contributed by atoms with Crippen LogP contribution in [0.15, 0.2) is 22.7 Å². The van der Waals surface area contributed by atoms with Gasteiger partial charge < -0.3 is 16.0 Å². The monoisotopic (exact) mass is 345 g/mol. The molecule has 1 rings (SSSR count). The summed E-state index contributed by atoms with van der Waals surface area (Å²) in [4.78, 5) is 23.2. The minimum absolute atomic E-state index is 0.0480. The molecule has 110 valence electrons. The number of amides is 3. The van der Waals surface area contributed by atoms with Crippen molar-refractivity contribution in [3.8, 4) is 0 Å². The van der Waals surface area contributed by atoms with Crippen LogP contribution in [0, 0.1) is 5.82 Å². The van der Waals surface area contributed by atoms with Crippen molar-refractivity contribution in [2.24, 2.45) is 0 Å². The van der Waals surface area contributed by atoms with Crippen LogP contribution in [0.1, 0.15) is 20.3 Å². The first-order valence-corrected chi connectivity index (χ1v) is 7.03. The van der Waals surface area contributed by atoms with Gasteiger partial charge in [0, 0.05) is 11.0 Å². The van der Waals surface area contributed by atoms with Gasteiger partial charge >= 0.3 is 6.03 Å². The van der Waals surface area contributed by atoms with E-state index in [1.807, 2.05) is 6.92 Å². The van der Waals surface area contributed by atoms with Crippen LogP contribution in [-0.4, -0.2) is 24.5 Å². The summed E-state index contributed by atoms with van der Waals surface area (Å²) in [6, 6.07) is 2.95. The second-order valence-corrected chi connectivity index (χ2v) is 5.15. The van der Waals surface area contributed by atoms with E-state index in [1.165, 1.54) is 12.1 Å². The highest BCUT2D eigenvalue weighted by Crippen LogP contribution is 2.19. The predicted molar refractivity (Wildman–Crippen MR) is 79.0 cm³/mol. The van der Waals surface area contributed by atoms with E-state index in [0.717, 1.165) is 6.42 Å². The Kier molecular flexibility index (Phi) is 6.44. The zero-order chi connectivity index (χ0) is 15.1. The van der Waals surface area contributed by atoms with E-state index < -0.39 is 17.9 Å². The Morgan fingerprint density at radius 1 is 1.40 bits per heavy atom. The van der Waals surface area contributed by atoms with E-state index in [2.05, 4.69) is 31.9 Å². The lowest BCUT2D eigenvalue weighted by molar-refractivity contribution is -0.122. The number of benzene rings is 1. The van der Waals surface area contributed by atoms with Crippen molar-refractivity contribution in [2.75, 3.05) is 11.9 Å². The van der Waals surface area contributed by atoms with Crippen molar-refractivity contribution in [3.05, 3.63) is 28.5 Å². The van der Waals surface area contributed by atoms with Gasteiger partial charge in [0.05, 0.1) is 5.69 Å². The highest BCUT2D eigenvalue weighted by molar-refractivity contribution is 9.10. The van der Waals surface area contributed by atoms with E-state index in [-0.39, 0.29) is 11.6 Å². The van der Waals surface area contributed by atoms with Crippen molar-refractivity contribution in [1.82, 2.24) is 10.6 Å². The van der Waals surface area contributed by atoms with Crippen LogP contribution < -0.4 is 16.0 Å². The molecule has 0 aliphatic rings. The largest absolute Gasteiger partial charge is 0.354 e. The van der Waals surface area contributed by atoms with E-state index in [9.17, 15) is 14.0 Å². The summed E-state index contributed by atoms with van der Waals surface area (Å²) in [6.45, 7) is 4.04. The SMILES string of the molecule is CCCNC(=O)[C@H](C)NC(=O)Nc1ccc(Br)cc1F. The quantitative estimate of drug-likeness (QED) is 0.767. The molecule has 0 radical (unpaired) electrons. The van der Waals surface area contributed by atoms with Crippen LogP contribution in [0.25, 0.3) is 0 Å². The fourth-order valence-electron chi connectivity index (χ4n) is 1.41. The molecule has 3 N–H and O–H groups in total. The van der Waals surface area contributed by atoms with Crippen molar-refractivity contribution in [2.45, 2.75) is 26.3 Å². The average molecular weight is 346 g/mol. The third-order valence-corrected chi connectivity index (χ3v) is 2.96. The molecule has 0 aliphatic heterocycles. The lowest BCUT2D eigenvalue weighted by Gasteiger charge is -2.14. The summed E-state index contributed by atoms with van der Waals surface area (Å²) in [5.74, 6) is -0.837. The van der Waals surface area contributed by atoms with E-state index in [0.29, 0.717) is 11.0 Å². The van der Waals surface area contributed by atoms with E-state index in [1.54, 1.807) is 13.0 Å². The second kappa shape index (κ2) is 7.84. The zero-order valence-corrected chi connectivity index (χ0v) is 12.9. The van der Waals surface area contributed by atoms with Gasteiger partial charge in [-0.05, 0) is 31.5 Å². The van der Waals surface area contributed by atoms with Gasteiger partial charge in [-0.25, -0.2) is 9.18 Å². The maximum atomic E-state index is 13.5. The maximum Gasteiger partial charge on any atom is 0.319 e. The molecule has 5 nitrogen and oxygen atoms in total. The molecular weight excluding hydrogens is 329 g/mol. The Bertz CT molecular complexity index is 497. The molecule has 1 aromatic carbocycles. The molecular formula is C13H17BrFN3O2. The number of hydrogen-bond acceptors (Lipinski definition) is 2. The first-order valence-electron chi connectivity index (χ1n) is 6.24. The van der Waals surface area contributed by atoms with Crippen LogP contribution in [0.2, 0.25) is 0 Å². The standard InChI is InChI=1S/C13H17BrFN3O2/c1-3-6-16-12(19)8(2)17-13(20)18-11-5-4-9(14)7-10(11)15/h4-5,7-8H,3,6H2,1-2H3,(H,16,19)(H2,17,18,20)/t8-/m0/s1. The van der Waals surface area contributed by atoms with Gasteiger partial charge in [-0.2, -0.15) is 0 Å². The predicted octanol–water partition coefficient (Wildman–Crippen LogP) is 2.62. The molecule has 0 saturated heterocycles. The molecule has 0 aliphatic carbocycles. The highest BCUT2D eigenvalue weighted by atomic mass is 79.9. The smallest absolute Gasteiger partial charge is 0.319 e. The maximum absolute atomic E-state index is 13.5. The molecule has 0 spiro atoms. The molecule has 1 aromatic rings. The number of anilines is 1. The molecule has 7 heteroatoms. The van der Waals surface area contributed by atoms with Crippen molar-refractivity contribution in [3.63, 3.8) is 0 Å². The summed E-state index contributed by atoms with van der Waals surface area (Å²) in [5.41, 5.74) is 0.0480. The average Bonchev–Trinajstić information content (AvgIpc) is 2.39. The van der Waals surface area contributed by atoms with Gasteiger partial charge in [-0.1, -0.05) is 22.9 Å². The number of urea groups is 1. The van der Waals surface area contributed by atoms with Crippen molar-refractivity contribution >= 4 is 33.6 Å². The fraction of sp³-hybridized carbons (Fsp3) is 0.385. The number of nitrogens with one attached hydrogen (secondary N) is 3. The van der Waals surface area contributed by atoms with Gasteiger partial charge in [0.15, 0.2) is 0 Å². The summed E-state index contributed by atoms with van der Waals surface area (Å²) in [5, 5.41) is 7.45. The zero-order valence-electron chi connectivity index (χ0n) is 11.3. The summed E-state index contributed by atoms with van der Waals surface area (Å²) < 4.78 is 14.1. The Balaban J connectivity index is 2.52. The van der Waals surface area contributed by atoms with Crippen LogP contribution in [0.3, 0.4) is 0 Å². The molecule has 3 amide bonds. The third-order valence-electron chi connectivity index (χ3n) is 2.47. The highest BCUT2D eigenvalue weighted by Gasteiger charge is 2.15. The molecule has 0 bridgehead atoms. The van der Waals surface area contributed by atoms with Crippen LogP contribution in [0.4, 0.5) is 14.9 Å². The molecule has 0 heterocycles. The third kappa shape index (κ3) is 5.16. The molecule has 0 aromatic heterocycles. The van der Waals surface area contributed by atoms with Crippen LogP contribution in [0.5, 0.6) is 0 Å². The molecule has 20 heavy (non-hydrogen) atoms. The Hall–Kier alpha value is -1.63. The van der Waals surface area contributed by atoms with Gasteiger partial charge in [0.2, 0.25) is 5.91 Å². The number of carbonyl (C=O) groups is 2.